The number of carbonyl (C=O) groups is 2. The van der Waals surface area contributed by atoms with Crippen molar-refractivity contribution in [3.63, 3.8) is 0 Å². The summed E-state index contributed by atoms with van der Waals surface area (Å²) in [4.78, 5) is 37.7. The van der Waals surface area contributed by atoms with E-state index in [-0.39, 0.29) is 23.8 Å². The van der Waals surface area contributed by atoms with Crippen molar-refractivity contribution in [1.29, 1.82) is 0 Å². The van der Waals surface area contributed by atoms with E-state index in [1.54, 1.807) is 12.4 Å². The van der Waals surface area contributed by atoms with Crippen LogP contribution in [0.1, 0.15) is 55.4 Å². The lowest BCUT2D eigenvalue weighted by atomic mass is 9.99. The van der Waals surface area contributed by atoms with Gasteiger partial charge in [0, 0.05) is 38.6 Å². The first-order valence-corrected chi connectivity index (χ1v) is 9.00. The summed E-state index contributed by atoms with van der Waals surface area (Å²) in [6.45, 7) is 1.52. The molecule has 0 radical (unpaired) electrons. The molecular weight excluding hydrogens is 304 g/mol. The molecule has 0 N–H and O–H groups in total. The zero-order valence-corrected chi connectivity index (χ0v) is 14.4. The molecule has 2 amide bonds. The third-order valence-corrected chi connectivity index (χ3v) is 5.26. The Bertz CT molecular complexity index is 578. The van der Waals surface area contributed by atoms with Crippen LogP contribution in [0.3, 0.4) is 0 Å². The van der Waals surface area contributed by atoms with Crippen molar-refractivity contribution in [3.8, 4) is 0 Å². The first-order valence-electron chi connectivity index (χ1n) is 9.00. The van der Waals surface area contributed by atoms with Crippen LogP contribution in [0.2, 0.25) is 0 Å². The van der Waals surface area contributed by atoms with Crippen molar-refractivity contribution in [2.24, 2.45) is 5.92 Å². The Morgan fingerprint density at radius 2 is 1.88 bits per heavy atom. The zero-order valence-electron chi connectivity index (χ0n) is 14.4. The Hall–Kier alpha value is -1.98. The molecule has 0 bridgehead atoms. The lowest BCUT2D eigenvalue weighted by molar-refractivity contribution is -0.135. The average Bonchev–Trinajstić information content (AvgIpc) is 3.08. The second kappa shape index (κ2) is 7.73. The summed E-state index contributed by atoms with van der Waals surface area (Å²) in [6.07, 6.45) is 11.6. The molecule has 6 nitrogen and oxygen atoms in total. The highest BCUT2D eigenvalue weighted by molar-refractivity contribution is 5.93. The quantitative estimate of drug-likeness (QED) is 0.791. The van der Waals surface area contributed by atoms with Gasteiger partial charge in [0.15, 0.2) is 0 Å². The van der Waals surface area contributed by atoms with E-state index in [9.17, 15) is 9.59 Å². The predicted molar refractivity (Wildman–Crippen MR) is 90.3 cm³/mol. The molecule has 2 heterocycles. The van der Waals surface area contributed by atoms with Crippen LogP contribution in [-0.2, 0) is 4.79 Å². The smallest absolute Gasteiger partial charge is 0.274 e. The van der Waals surface area contributed by atoms with E-state index < -0.39 is 0 Å². The molecule has 0 unspecified atom stereocenters. The van der Waals surface area contributed by atoms with Gasteiger partial charge in [-0.05, 0) is 25.7 Å². The van der Waals surface area contributed by atoms with Crippen LogP contribution in [0.25, 0.3) is 0 Å². The molecule has 1 aromatic rings. The van der Waals surface area contributed by atoms with Crippen LogP contribution >= 0.6 is 0 Å². The fourth-order valence-corrected chi connectivity index (χ4v) is 3.95. The summed E-state index contributed by atoms with van der Waals surface area (Å²) in [5.41, 5.74) is 0.374. The highest BCUT2D eigenvalue weighted by Gasteiger charge is 2.40. The summed E-state index contributed by atoms with van der Waals surface area (Å²) in [5, 5.41) is 0. The minimum atomic E-state index is -0.0882. The first-order chi connectivity index (χ1) is 11.7. The number of aromatic nitrogens is 2. The molecule has 2 atom stereocenters. The van der Waals surface area contributed by atoms with Crippen LogP contribution in [-0.4, -0.2) is 57.8 Å². The Kier molecular flexibility index (Phi) is 5.43. The number of nitrogens with zero attached hydrogens (tertiary/aromatic N) is 4. The van der Waals surface area contributed by atoms with Crippen molar-refractivity contribution in [3.05, 3.63) is 24.3 Å². The Morgan fingerprint density at radius 1 is 1.08 bits per heavy atom. The number of carbonyl (C=O) groups excluding carboxylic acids is 2. The van der Waals surface area contributed by atoms with Gasteiger partial charge in [0.25, 0.3) is 5.91 Å². The van der Waals surface area contributed by atoms with E-state index in [1.165, 1.54) is 6.20 Å². The molecule has 130 valence electrons. The number of rotatable bonds is 1. The number of hydrogen-bond acceptors (Lipinski definition) is 4. The SMILES string of the molecule is CN1CCCCCCN(C(=O)c2cnccn2)[C@H]2CCC[C@H]2C1=O. The average molecular weight is 330 g/mol. The lowest BCUT2D eigenvalue weighted by Crippen LogP contribution is -2.47. The molecule has 0 aromatic carbocycles. The maximum Gasteiger partial charge on any atom is 0.274 e. The maximum atomic E-state index is 13.0. The third-order valence-electron chi connectivity index (χ3n) is 5.26. The first kappa shape index (κ1) is 16.9. The van der Waals surface area contributed by atoms with Gasteiger partial charge in [-0.2, -0.15) is 0 Å². The molecule has 1 aromatic heterocycles. The molecule has 24 heavy (non-hydrogen) atoms. The molecule has 0 spiro atoms. The van der Waals surface area contributed by atoms with Crippen LogP contribution in [0.15, 0.2) is 18.6 Å². The van der Waals surface area contributed by atoms with E-state index in [4.69, 9.17) is 0 Å². The van der Waals surface area contributed by atoms with Gasteiger partial charge in [0.1, 0.15) is 5.69 Å². The minimum Gasteiger partial charge on any atom is -0.345 e. The van der Waals surface area contributed by atoms with Crippen molar-refractivity contribution in [2.75, 3.05) is 20.1 Å². The van der Waals surface area contributed by atoms with E-state index in [1.807, 2.05) is 16.8 Å². The van der Waals surface area contributed by atoms with Gasteiger partial charge >= 0.3 is 0 Å². The van der Waals surface area contributed by atoms with E-state index in [0.29, 0.717) is 12.2 Å². The summed E-state index contributed by atoms with van der Waals surface area (Å²) in [7, 11) is 1.89. The van der Waals surface area contributed by atoms with Gasteiger partial charge < -0.3 is 9.80 Å². The van der Waals surface area contributed by atoms with E-state index >= 15 is 0 Å². The monoisotopic (exact) mass is 330 g/mol. The summed E-state index contributed by atoms with van der Waals surface area (Å²) < 4.78 is 0. The van der Waals surface area contributed by atoms with E-state index in [0.717, 1.165) is 51.5 Å². The highest BCUT2D eigenvalue weighted by atomic mass is 16.2. The molecular formula is C18H26N4O2. The van der Waals surface area contributed by atoms with E-state index in [2.05, 4.69) is 9.97 Å². The van der Waals surface area contributed by atoms with Crippen LogP contribution < -0.4 is 0 Å². The maximum absolute atomic E-state index is 13.0. The Balaban J connectivity index is 1.86. The molecule has 2 fully saturated rings. The van der Waals surface area contributed by atoms with Crippen molar-refractivity contribution < 1.29 is 9.59 Å². The fourth-order valence-electron chi connectivity index (χ4n) is 3.95. The molecule has 6 heteroatoms. The van der Waals surface area contributed by atoms with Gasteiger partial charge in [0.05, 0.1) is 12.1 Å². The number of amides is 2. The van der Waals surface area contributed by atoms with Gasteiger partial charge in [-0.25, -0.2) is 4.98 Å². The molecule has 3 rings (SSSR count). The van der Waals surface area contributed by atoms with Crippen LogP contribution in [0.5, 0.6) is 0 Å². The topological polar surface area (TPSA) is 66.4 Å². The van der Waals surface area contributed by atoms with Crippen LogP contribution in [0, 0.1) is 5.92 Å². The third kappa shape index (κ3) is 3.57. The largest absolute Gasteiger partial charge is 0.345 e. The normalized spacial score (nSPS) is 26.0. The Morgan fingerprint density at radius 3 is 2.62 bits per heavy atom. The van der Waals surface area contributed by atoms with Gasteiger partial charge in [-0.15, -0.1) is 0 Å². The second-order valence-corrected chi connectivity index (χ2v) is 6.87. The predicted octanol–water partition coefficient (Wildman–Crippen LogP) is 2.12. The molecule has 1 saturated heterocycles. The summed E-state index contributed by atoms with van der Waals surface area (Å²) in [6, 6.07) is -0.00689. The van der Waals surface area contributed by atoms with Gasteiger partial charge in [0.2, 0.25) is 5.91 Å². The van der Waals surface area contributed by atoms with Crippen molar-refractivity contribution in [2.45, 2.75) is 51.0 Å². The summed E-state index contributed by atoms with van der Waals surface area (Å²) in [5.74, 6) is 0.0276. The lowest BCUT2D eigenvalue weighted by Gasteiger charge is -2.33. The van der Waals surface area contributed by atoms with Crippen molar-refractivity contribution >= 4 is 11.8 Å². The number of hydrogen-bond donors (Lipinski definition) is 0. The minimum absolute atomic E-state index is 0.00689. The Labute approximate surface area is 143 Å². The molecule has 1 saturated carbocycles. The van der Waals surface area contributed by atoms with Crippen molar-refractivity contribution in [1.82, 2.24) is 19.8 Å². The second-order valence-electron chi connectivity index (χ2n) is 6.87. The molecule has 1 aliphatic heterocycles. The summed E-state index contributed by atoms with van der Waals surface area (Å²) >= 11 is 0. The number of fused-ring (bicyclic) bond motifs is 1. The fraction of sp³-hybridized carbons (Fsp3) is 0.667. The van der Waals surface area contributed by atoms with Crippen LogP contribution in [0.4, 0.5) is 0 Å². The van der Waals surface area contributed by atoms with Gasteiger partial charge in [-0.1, -0.05) is 19.3 Å². The zero-order chi connectivity index (χ0) is 16.9. The van der Waals surface area contributed by atoms with Gasteiger partial charge in [-0.3, -0.25) is 14.6 Å². The molecule has 2 aliphatic rings. The standard InChI is InChI=1S/C18H26N4O2/c1-21-11-4-2-3-5-12-22(16-8-6-7-14(16)17(21)23)18(24)15-13-19-9-10-20-15/h9-10,13-14,16H,2-8,11-12H2,1H3/t14-,16+/m1/s1. The highest BCUT2D eigenvalue weighted by Crippen LogP contribution is 2.33. The molecule has 1 aliphatic carbocycles.